The van der Waals surface area contributed by atoms with E-state index in [1.165, 1.54) is 9.58 Å². The van der Waals surface area contributed by atoms with Crippen LogP contribution in [0.25, 0.3) is 0 Å². The van der Waals surface area contributed by atoms with Crippen molar-refractivity contribution < 1.29 is 19.4 Å². The van der Waals surface area contributed by atoms with Gasteiger partial charge < -0.3 is 20.1 Å². The van der Waals surface area contributed by atoms with Gasteiger partial charge in [0.05, 0.1) is 11.9 Å². The number of benzene rings is 1. The number of fused-ring (bicyclic) bond motifs is 1. The van der Waals surface area contributed by atoms with Crippen LogP contribution in [0.15, 0.2) is 48.8 Å². The van der Waals surface area contributed by atoms with Crippen molar-refractivity contribution in [3.05, 3.63) is 71.3 Å². The van der Waals surface area contributed by atoms with E-state index in [-0.39, 0.29) is 12.5 Å². The fraction of sp³-hybridized carbons (Fsp3) is 0.308. The number of anilines is 1. The summed E-state index contributed by atoms with van der Waals surface area (Å²) in [5.74, 6) is 5.82. The standard InChI is InChI=1S/C26H27N5O4/c1-17-6-5-7-20(28-17)12-19-14-27-31(15-19)25(33)29-21-16-35-23-9-8-18(10-11-26(2,3)34)13-22(23)30(4)24(21)32/h5-9,13-15,21,34H,12,16H2,1-4H3,(H,29,33)/t21-/m0/s1. The Morgan fingerprint density at radius 3 is 2.86 bits per heavy atom. The molecule has 0 radical (unpaired) electrons. The summed E-state index contributed by atoms with van der Waals surface area (Å²) in [5, 5.41) is 16.7. The smallest absolute Gasteiger partial charge is 0.342 e. The second-order valence-electron chi connectivity index (χ2n) is 8.94. The van der Waals surface area contributed by atoms with E-state index in [1.54, 1.807) is 51.5 Å². The molecular weight excluding hydrogens is 446 g/mol. The lowest BCUT2D eigenvalue weighted by Crippen LogP contribution is -2.50. The Labute approximate surface area is 203 Å². The molecule has 180 valence electrons. The van der Waals surface area contributed by atoms with Gasteiger partial charge in [-0.15, -0.1) is 0 Å². The Morgan fingerprint density at radius 2 is 2.11 bits per heavy atom. The number of aliphatic hydroxyl groups is 1. The van der Waals surface area contributed by atoms with Crippen molar-refractivity contribution in [1.29, 1.82) is 0 Å². The second kappa shape index (κ2) is 9.60. The highest BCUT2D eigenvalue weighted by Gasteiger charge is 2.31. The SMILES string of the molecule is Cc1cccc(Cc2cnn(C(=O)N[C@H]3COc4ccc(C#CC(C)(C)O)cc4N(C)C3=O)c2)n1. The van der Waals surface area contributed by atoms with Gasteiger partial charge in [0.25, 0.3) is 5.91 Å². The molecule has 9 nitrogen and oxygen atoms in total. The monoisotopic (exact) mass is 473 g/mol. The molecule has 2 amide bonds. The van der Waals surface area contributed by atoms with Gasteiger partial charge in [0.1, 0.15) is 24.0 Å². The lowest BCUT2D eigenvalue weighted by molar-refractivity contribution is -0.120. The van der Waals surface area contributed by atoms with Crippen LogP contribution in [0.4, 0.5) is 10.5 Å². The van der Waals surface area contributed by atoms with Gasteiger partial charge in [0.2, 0.25) is 0 Å². The Morgan fingerprint density at radius 1 is 1.31 bits per heavy atom. The van der Waals surface area contributed by atoms with Crippen LogP contribution in [0.3, 0.4) is 0 Å². The maximum absolute atomic E-state index is 13.1. The third-order valence-electron chi connectivity index (χ3n) is 5.34. The zero-order chi connectivity index (χ0) is 25.2. The molecule has 1 atom stereocenters. The summed E-state index contributed by atoms with van der Waals surface area (Å²) in [7, 11) is 1.61. The van der Waals surface area contributed by atoms with Crippen LogP contribution < -0.4 is 15.0 Å². The number of rotatable bonds is 3. The number of likely N-dealkylation sites (N-methyl/N-ethyl adjacent to an activating group) is 1. The Kier molecular flexibility index (Phi) is 6.58. The third-order valence-corrected chi connectivity index (χ3v) is 5.34. The summed E-state index contributed by atoms with van der Waals surface area (Å²) >= 11 is 0. The first-order valence-corrected chi connectivity index (χ1v) is 11.2. The van der Waals surface area contributed by atoms with Gasteiger partial charge in [-0.25, -0.2) is 4.79 Å². The minimum Gasteiger partial charge on any atom is -0.489 e. The largest absolute Gasteiger partial charge is 0.489 e. The molecule has 0 saturated heterocycles. The first-order chi connectivity index (χ1) is 16.6. The molecule has 0 bridgehead atoms. The molecule has 1 aliphatic rings. The topological polar surface area (TPSA) is 110 Å². The van der Waals surface area contributed by atoms with Crippen molar-refractivity contribution in [3.8, 4) is 17.6 Å². The number of nitrogens with zero attached hydrogens (tertiary/aromatic N) is 4. The van der Waals surface area contributed by atoms with Gasteiger partial charge >= 0.3 is 6.03 Å². The van der Waals surface area contributed by atoms with Crippen LogP contribution >= 0.6 is 0 Å². The number of hydrogen-bond donors (Lipinski definition) is 2. The molecule has 9 heteroatoms. The summed E-state index contributed by atoms with van der Waals surface area (Å²) < 4.78 is 6.99. The Balaban J connectivity index is 1.45. The van der Waals surface area contributed by atoms with E-state index in [2.05, 4.69) is 27.2 Å². The molecule has 0 unspecified atom stereocenters. The van der Waals surface area contributed by atoms with Crippen molar-refractivity contribution in [2.75, 3.05) is 18.6 Å². The summed E-state index contributed by atoms with van der Waals surface area (Å²) in [5.41, 5.74) is 2.64. The summed E-state index contributed by atoms with van der Waals surface area (Å²) in [6.45, 7) is 5.08. The number of pyridine rings is 1. The quantitative estimate of drug-likeness (QED) is 0.565. The van der Waals surface area contributed by atoms with E-state index in [4.69, 9.17) is 4.74 Å². The number of carbonyl (C=O) groups excluding carboxylic acids is 2. The first-order valence-electron chi connectivity index (χ1n) is 11.2. The van der Waals surface area contributed by atoms with E-state index < -0.39 is 17.7 Å². The number of amides is 2. The number of aromatic nitrogens is 3. The van der Waals surface area contributed by atoms with E-state index in [0.717, 1.165) is 17.0 Å². The van der Waals surface area contributed by atoms with E-state index in [0.29, 0.717) is 23.4 Å². The Bertz CT molecular complexity index is 1330. The van der Waals surface area contributed by atoms with Gasteiger partial charge in [0, 0.05) is 36.6 Å². The molecule has 35 heavy (non-hydrogen) atoms. The van der Waals surface area contributed by atoms with Crippen molar-refractivity contribution in [3.63, 3.8) is 0 Å². The highest BCUT2D eigenvalue weighted by atomic mass is 16.5. The van der Waals surface area contributed by atoms with Gasteiger partial charge in [-0.05, 0) is 56.7 Å². The van der Waals surface area contributed by atoms with Crippen LogP contribution in [-0.2, 0) is 11.2 Å². The number of nitrogens with one attached hydrogen (secondary N) is 1. The molecule has 1 aromatic carbocycles. The van der Waals surface area contributed by atoms with Crippen molar-refractivity contribution in [1.82, 2.24) is 20.1 Å². The Hall–Kier alpha value is -4.16. The molecule has 0 aliphatic carbocycles. The molecule has 0 fully saturated rings. The van der Waals surface area contributed by atoms with Crippen LogP contribution in [0.1, 0.15) is 36.4 Å². The average molecular weight is 474 g/mol. The lowest BCUT2D eigenvalue weighted by Gasteiger charge is -2.20. The fourth-order valence-electron chi connectivity index (χ4n) is 3.59. The molecule has 4 rings (SSSR count). The van der Waals surface area contributed by atoms with E-state index in [1.807, 2.05) is 25.1 Å². The summed E-state index contributed by atoms with van der Waals surface area (Å²) in [6, 6.07) is 9.52. The molecule has 3 aromatic rings. The number of ether oxygens (including phenoxy) is 1. The second-order valence-corrected chi connectivity index (χ2v) is 8.94. The lowest BCUT2D eigenvalue weighted by atomic mass is 10.1. The third kappa shape index (κ3) is 5.86. The zero-order valence-corrected chi connectivity index (χ0v) is 20.1. The molecule has 2 aromatic heterocycles. The van der Waals surface area contributed by atoms with Crippen molar-refractivity contribution in [2.24, 2.45) is 0 Å². The van der Waals surface area contributed by atoms with Crippen molar-refractivity contribution in [2.45, 2.75) is 38.8 Å². The molecule has 3 heterocycles. The summed E-state index contributed by atoms with van der Waals surface area (Å²) in [6.07, 6.45) is 3.76. The predicted octanol–water partition coefficient (Wildman–Crippen LogP) is 2.28. The number of hydrogen-bond acceptors (Lipinski definition) is 6. The minimum atomic E-state index is -1.14. The summed E-state index contributed by atoms with van der Waals surface area (Å²) in [4.78, 5) is 31.8. The highest BCUT2D eigenvalue weighted by molar-refractivity contribution is 6.00. The van der Waals surface area contributed by atoms with Gasteiger partial charge in [-0.3, -0.25) is 9.78 Å². The van der Waals surface area contributed by atoms with E-state index >= 15 is 0 Å². The van der Waals surface area contributed by atoms with Crippen molar-refractivity contribution >= 4 is 17.6 Å². The fourth-order valence-corrected chi connectivity index (χ4v) is 3.59. The normalized spacial score (nSPS) is 15.4. The number of aryl methyl sites for hydroxylation is 1. The predicted molar refractivity (Wildman–Crippen MR) is 130 cm³/mol. The number of carbonyl (C=O) groups is 2. The van der Waals surface area contributed by atoms with Gasteiger partial charge in [-0.1, -0.05) is 17.9 Å². The average Bonchev–Trinajstić information content (AvgIpc) is 3.23. The molecule has 1 aliphatic heterocycles. The first kappa shape index (κ1) is 24.0. The van der Waals surface area contributed by atoms with Gasteiger partial charge in [-0.2, -0.15) is 9.78 Å². The molecule has 0 spiro atoms. The zero-order valence-electron chi connectivity index (χ0n) is 20.1. The van der Waals surface area contributed by atoms with E-state index in [9.17, 15) is 14.7 Å². The maximum atomic E-state index is 13.1. The molecule has 2 N–H and O–H groups in total. The highest BCUT2D eigenvalue weighted by Crippen LogP contribution is 2.31. The maximum Gasteiger partial charge on any atom is 0.342 e. The minimum absolute atomic E-state index is 0.0298. The van der Waals surface area contributed by atoms with Crippen LogP contribution in [-0.4, -0.2) is 57.1 Å². The van der Waals surface area contributed by atoms with Crippen LogP contribution in [0.2, 0.25) is 0 Å². The van der Waals surface area contributed by atoms with Crippen LogP contribution in [0.5, 0.6) is 5.75 Å². The molecular formula is C26H27N5O4. The van der Waals surface area contributed by atoms with Crippen LogP contribution in [0, 0.1) is 18.8 Å². The molecule has 0 saturated carbocycles. The van der Waals surface area contributed by atoms with Gasteiger partial charge in [0.15, 0.2) is 0 Å².